The van der Waals surface area contributed by atoms with E-state index in [0.29, 0.717) is 11.3 Å². The zero-order valence-electron chi connectivity index (χ0n) is 17.3. The molecule has 174 valence electrons. The van der Waals surface area contributed by atoms with Crippen molar-refractivity contribution in [3.05, 3.63) is 76.6 Å². The molecule has 2 aliphatic rings. The molecule has 1 aromatic heterocycles. The molecule has 2 aromatic carbocycles. The monoisotopic (exact) mass is 481 g/mol. The average Bonchev–Trinajstić information content (AvgIpc) is 3.24. The molecule has 11 heteroatoms. The van der Waals surface area contributed by atoms with E-state index in [4.69, 9.17) is 0 Å². The van der Waals surface area contributed by atoms with E-state index in [0.717, 1.165) is 29.0 Å². The summed E-state index contributed by atoms with van der Waals surface area (Å²) in [5.74, 6) is -1.01. The SMILES string of the molecule is FC1(F)CC(n2nnnc2C(NC2CSCc3ccccc32)c2cccc(C(F)(F)F)c2)C1. The molecular formula is C22H20F5N5S. The number of hydrogen-bond acceptors (Lipinski definition) is 5. The minimum Gasteiger partial charge on any atom is -0.296 e. The van der Waals surface area contributed by atoms with Crippen molar-refractivity contribution in [2.75, 3.05) is 5.75 Å². The van der Waals surface area contributed by atoms with Crippen LogP contribution in [-0.4, -0.2) is 31.9 Å². The molecule has 0 saturated heterocycles. The zero-order valence-corrected chi connectivity index (χ0v) is 18.1. The predicted octanol–water partition coefficient (Wildman–Crippen LogP) is 5.33. The lowest BCUT2D eigenvalue weighted by atomic mass is 9.88. The Bertz CT molecular complexity index is 1140. The Hall–Kier alpha value is -2.53. The fraction of sp³-hybridized carbons (Fsp3) is 0.409. The van der Waals surface area contributed by atoms with Gasteiger partial charge < -0.3 is 0 Å². The molecule has 2 atom stereocenters. The molecule has 5 rings (SSSR count). The van der Waals surface area contributed by atoms with Gasteiger partial charge in [-0.25, -0.2) is 13.5 Å². The van der Waals surface area contributed by atoms with E-state index < -0.39 is 42.6 Å². The van der Waals surface area contributed by atoms with Gasteiger partial charge in [0.15, 0.2) is 5.82 Å². The van der Waals surface area contributed by atoms with Gasteiger partial charge in [0, 0.05) is 30.4 Å². The Morgan fingerprint density at radius 1 is 1.09 bits per heavy atom. The molecule has 1 saturated carbocycles. The normalized spacial score (nSPS) is 21.3. The molecule has 5 nitrogen and oxygen atoms in total. The number of rotatable bonds is 5. The van der Waals surface area contributed by atoms with Gasteiger partial charge in [0.25, 0.3) is 5.92 Å². The van der Waals surface area contributed by atoms with Gasteiger partial charge in [-0.15, -0.1) is 5.10 Å². The van der Waals surface area contributed by atoms with Crippen molar-refractivity contribution in [1.29, 1.82) is 0 Å². The van der Waals surface area contributed by atoms with E-state index in [-0.39, 0.29) is 11.9 Å². The van der Waals surface area contributed by atoms with Crippen LogP contribution in [0, 0.1) is 0 Å². The minimum atomic E-state index is -4.52. The Labute approximate surface area is 190 Å². The van der Waals surface area contributed by atoms with Crippen LogP contribution in [0.1, 0.15) is 59.0 Å². The molecule has 2 heterocycles. The summed E-state index contributed by atoms with van der Waals surface area (Å²) in [6, 6.07) is 11.3. The highest BCUT2D eigenvalue weighted by Crippen LogP contribution is 2.46. The summed E-state index contributed by atoms with van der Waals surface area (Å²) in [4.78, 5) is 0. The Morgan fingerprint density at radius 3 is 2.64 bits per heavy atom. The van der Waals surface area contributed by atoms with E-state index in [1.807, 2.05) is 24.3 Å². The van der Waals surface area contributed by atoms with Crippen LogP contribution < -0.4 is 5.32 Å². The standard InChI is InChI=1S/C22H20F5N5S/c23-21(24)9-16(10-21)32-20(29-30-31-32)19(13-5-3-6-15(8-13)22(25,26)27)28-18-12-33-11-14-4-1-2-7-17(14)18/h1-8,16,18-19,28H,9-12H2. The maximum atomic E-state index is 13.5. The minimum absolute atomic E-state index is 0.174. The molecule has 0 bridgehead atoms. The second-order valence-electron chi connectivity index (χ2n) is 8.39. The van der Waals surface area contributed by atoms with Gasteiger partial charge in [0.1, 0.15) is 0 Å². The van der Waals surface area contributed by atoms with Gasteiger partial charge in [0.2, 0.25) is 0 Å². The quantitative estimate of drug-likeness (QED) is 0.500. The number of aromatic nitrogens is 4. The second-order valence-corrected chi connectivity index (χ2v) is 9.42. The molecular weight excluding hydrogens is 461 g/mol. The van der Waals surface area contributed by atoms with Crippen LogP contribution >= 0.6 is 11.8 Å². The lowest BCUT2D eigenvalue weighted by molar-refractivity contribution is -0.137. The average molecular weight is 481 g/mol. The highest BCUT2D eigenvalue weighted by Gasteiger charge is 2.48. The van der Waals surface area contributed by atoms with Crippen LogP contribution in [-0.2, 0) is 11.9 Å². The van der Waals surface area contributed by atoms with Gasteiger partial charge in [-0.2, -0.15) is 24.9 Å². The van der Waals surface area contributed by atoms with Crippen molar-refractivity contribution in [2.24, 2.45) is 0 Å². The van der Waals surface area contributed by atoms with Crippen LogP contribution in [0.3, 0.4) is 0 Å². The highest BCUT2D eigenvalue weighted by molar-refractivity contribution is 7.98. The molecule has 1 aliphatic heterocycles. The smallest absolute Gasteiger partial charge is 0.296 e. The number of thioether (sulfide) groups is 1. The Kier molecular flexibility index (Phi) is 5.64. The lowest BCUT2D eigenvalue weighted by Gasteiger charge is -2.36. The van der Waals surface area contributed by atoms with Crippen LogP contribution in [0.4, 0.5) is 22.0 Å². The van der Waals surface area contributed by atoms with Gasteiger partial charge in [-0.3, -0.25) is 5.32 Å². The number of nitrogens with one attached hydrogen (secondary N) is 1. The predicted molar refractivity (Wildman–Crippen MR) is 113 cm³/mol. The molecule has 33 heavy (non-hydrogen) atoms. The molecule has 1 N–H and O–H groups in total. The van der Waals surface area contributed by atoms with Gasteiger partial charge in [-0.05, 0) is 39.2 Å². The van der Waals surface area contributed by atoms with Crippen LogP contribution in [0.2, 0.25) is 0 Å². The summed E-state index contributed by atoms with van der Waals surface area (Å²) in [5, 5.41) is 15.1. The summed E-state index contributed by atoms with van der Waals surface area (Å²) >= 11 is 1.71. The number of nitrogens with zero attached hydrogens (tertiary/aromatic N) is 4. The third-order valence-corrected chi connectivity index (χ3v) is 7.16. The molecule has 0 radical (unpaired) electrons. The Morgan fingerprint density at radius 2 is 1.88 bits per heavy atom. The largest absolute Gasteiger partial charge is 0.416 e. The van der Waals surface area contributed by atoms with Crippen LogP contribution in [0.5, 0.6) is 0 Å². The topological polar surface area (TPSA) is 55.6 Å². The van der Waals surface area contributed by atoms with E-state index in [9.17, 15) is 22.0 Å². The van der Waals surface area contributed by atoms with E-state index in [1.54, 1.807) is 17.8 Å². The maximum absolute atomic E-state index is 13.5. The number of alkyl halides is 5. The summed E-state index contributed by atoms with van der Waals surface area (Å²) in [6.45, 7) is 0. The third kappa shape index (κ3) is 4.48. The van der Waals surface area contributed by atoms with Crippen molar-refractivity contribution in [2.45, 2.75) is 48.8 Å². The van der Waals surface area contributed by atoms with E-state index in [1.165, 1.54) is 10.7 Å². The molecule has 3 aromatic rings. The first-order chi connectivity index (χ1) is 15.7. The van der Waals surface area contributed by atoms with Gasteiger partial charge in [-0.1, -0.05) is 36.4 Å². The zero-order chi connectivity index (χ0) is 23.2. The second kappa shape index (κ2) is 8.35. The molecule has 2 unspecified atom stereocenters. The van der Waals surface area contributed by atoms with Crippen LogP contribution in [0.25, 0.3) is 0 Å². The summed E-state index contributed by atoms with van der Waals surface area (Å²) in [6.07, 6.45) is -5.32. The first-order valence-corrected chi connectivity index (χ1v) is 11.6. The van der Waals surface area contributed by atoms with Crippen molar-refractivity contribution < 1.29 is 22.0 Å². The Balaban J connectivity index is 1.54. The van der Waals surface area contributed by atoms with Crippen molar-refractivity contribution in [1.82, 2.24) is 25.5 Å². The van der Waals surface area contributed by atoms with Crippen molar-refractivity contribution >= 4 is 11.8 Å². The first kappa shape index (κ1) is 22.3. The number of benzene rings is 2. The number of tetrazole rings is 1. The maximum Gasteiger partial charge on any atom is 0.416 e. The number of fused-ring (bicyclic) bond motifs is 1. The van der Waals surface area contributed by atoms with Crippen molar-refractivity contribution in [3.63, 3.8) is 0 Å². The molecule has 1 aliphatic carbocycles. The molecule has 1 fully saturated rings. The number of hydrogen-bond donors (Lipinski definition) is 1. The lowest BCUT2D eigenvalue weighted by Crippen LogP contribution is -2.40. The van der Waals surface area contributed by atoms with Crippen LogP contribution in [0.15, 0.2) is 48.5 Å². The first-order valence-electron chi connectivity index (χ1n) is 10.5. The summed E-state index contributed by atoms with van der Waals surface area (Å²) in [7, 11) is 0. The van der Waals surface area contributed by atoms with Gasteiger partial charge in [0.05, 0.1) is 17.6 Å². The van der Waals surface area contributed by atoms with Crippen molar-refractivity contribution in [3.8, 4) is 0 Å². The third-order valence-electron chi connectivity index (χ3n) is 6.08. The molecule has 0 amide bonds. The number of halogens is 5. The fourth-order valence-corrected chi connectivity index (χ4v) is 5.50. The van der Waals surface area contributed by atoms with E-state index in [2.05, 4.69) is 20.8 Å². The fourth-order valence-electron chi connectivity index (χ4n) is 4.39. The summed E-state index contributed by atoms with van der Waals surface area (Å²) in [5.41, 5.74) is 1.73. The molecule has 0 spiro atoms. The van der Waals surface area contributed by atoms with E-state index >= 15 is 0 Å². The van der Waals surface area contributed by atoms with Gasteiger partial charge >= 0.3 is 6.18 Å². The highest BCUT2D eigenvalue weighted by atomic mass is 32.2. The summed E-state index contributed by atoms with van der Waals surface area (Å²) < 4.78 is 68.7.